The lowest BCUT2D eigenvalue weighted by Crippen LogP contribution is -1.98. The van der Waals surface area contributed by atoms with Gasteiger partial charge in [-0.3, -0.25) is 4.79 Å². The van der Waals surface area contributed by atoms with Gasteiger partial charge >= 0.3 is 0 Å². The number of rotatable bonds is 4. The molecule has 0 spiro atoms. The Morgan fingerprint density at radius 1 is 1.11 bits per heavy atom. The fraction of sp³-hybridized carbons (Fsp3) is 0.0952. The van der Waals surface area contributed by atoms with Gasteiger partial charge in [0, 0.05) is 21.7 Å². The van der Waals surface area contributed by atoms with Gasteiger partial charge in [0.2, 0.25) is 0 Å². The van der Waals surface area contributed by atoms with E-state index in [1.165, 1.54) is 25.4 Å². The zero-order valence-corrected chi connectivity index (χ0v) is 15.6. The molecule has 1 N–H and O–H groups in total. The summed E-state index contributed by atoms with van der Waals surface area (Å²) in [6.07, 6.45) is 1.52. The third-order valence-corrected chi connectivity index (χ3v) is 5.34. The molecular formula is C21H16FN3OS. The standard InChI is InChI=1S/C21H16FN3OS/c1-12(26)15-4-3-5-17(10-15)25-20-19-18(14-6-8-16(22)9-7-14)13(2)27-21(19)24-11-23-20/h3-11H,1-2H3,(H,23,24,25). The van der Waals surface area contributed by atoms with E-state index in [4.69, 9.17) is 0 Å². The van der Waals surface area contributed by atoms with Gasteiger partial charge in [-0.2, -0.15) is 0 Å². The van der Waals surface area contributed by atoms with Gasteiger partial charge in [-0.15, -0.1) is 11.3 Å². The molecule has 0 fully saturated rings. The van der Waals surface area contributed by atoms with Crippen LogP contribution in [0.2, 0.25) is 0 Å². The Morgan fingerprint density at radius 2 is 1.89 bits per heavy atom. The van der Waals surface area contributed by atoms with Crippen molar-refractivity contribution in [3.63, 3.8) is 0 Å². The number of anilines is 2. The molecule has 0 saturated heterocycles. The summed E-state index contributed by atoms with van der Waals surface area (Å²) in [7, 11) is 0. The number of carbonyl (C=O) groups is 1. The summed E-state index contributed by atoms with van der Waals surface area (Å²) in [6, 6.07) is 13.7. The molecule has 4 nitrogen and oxygen atoms in total. The van der Waals surface area contributed by atoms with E-state index in [1.807, 2.05) is 19.1 Å². The van der Waals surface area contributed by atoms with Crippen LogP contribution in [0.5, 0.6) is 0 Å². The first-order valence-electron chi connectivity index (χ1n) is 8.41. The van der Waals surface area contributed by atoms with Crippen molar-refractivity contribution in [2.75, 3.05) is 5.32 Å². The molecule has 0 aliphatic rings. The SMILES string of the molecule is CC(=O)c1cccc(Nc2ncnc3sc(C)c(-c4ccc(F)cc4)c23)c1. The van der Waals surface area contributed by atoms with E-state index in [0.717, 1.165) is 31.9 Å². The highest BCUT2D eigenvalue weighted by atomic mass is 32.1. The Bertz CT molecular complexity index is 1150. The van der Waals surface area contributed by atoms with Gasteiger partial charge in [0.15, 0.2) is 5.78 Å². The summed E-state index contributed by atoms with van der Waals surface area (Å²) >= 11 is 1.57. The quantitative estimate of drug-likeness (QED) is 0.460. The average molecular weight is 377 g/mol. The summed E-state index contributed by atoms with van der Waals surface area (Å²) < 4.78 is 13.4. The minimum absolute atomic E-state index is 0.00450. The van der Waals surface area contributed by atoms with Gasteiger partial charge in [0.25, 0.3) is 0 Å². The molecule has 4 rings (SSSR count). The Morgan fingerprint density at radius 3 is 2.63 bits per heavy atom. The van der Waals surface area contributed by atoms with Crippen molar-refractivity contribution in [1.82, 2.24) is 9.97 Å². The Labute approximate surface area is 159 Å². The van der Waals surface area contributed by atoms with Crippen LogP contribution in [0, 0.1) is 12.7 Å². The van der Waals surface area contributed by atoms with Gasteiger partial charge in [-0.05, 0) is 43.7 Å². The van der Waals surface area contributed by atoms with Gasteiger partial charge in [0.05, 0.1) is 5.39 Å². The molecule has 2 aromatic carbocycles. The van der Waals surface area contributed by atoms with Crippen molar-refractivity contribution >= 4 is 38.8 Å². The number of fused-ring (bicyclic) bond motifs is 1. The van der Waals surface area contributed by atoms with Crippen LogP contribution < -0.4 is 5.32 Å². The number of thiophene rings is 1. The minimum atomic E-state index is -0.272. The topological polar surface area (TPSA) is 54.9 Å². The molecule has 27 heavy (non-hydrogen) atoms. The lowest BCUT2D eigenvalue weighted by atomic mass is 10.0. The van der Waals surface area contributed by atoms with Crippen molar-refractivity contribution in [2.45, 2.75) is 13.8 Å². The smallest absolute Gasteiger partial charge is 0.159 e. The van der Waals surface area contributed by atoms with Crippen LogP contribution in [0.3, 0.4) is 0 Å². The lowest BCUT2D eigenvalue weighted by molar-refractivity contribution is 0.101. The van der Waals surface area contributed by atoms with Gasteiger partial charge in [0.1, 0.15) is 22.8 Å². The molecule has 0 aliphatic heterocycles. The summed E-state index contributed by atoms with van der Waals surface area (Å²) in [6.45, 7) is 3.56. The molecule has 0 saturated carbocycles. The fourth-order valence-corrected chi connectivity index (χ4v) is 4.07. The van der Waals surface area contributed by atoms with Crippen LogP contribution in [0.1, 0.15) is 22.2 Å². The second-order valence-electron chi connectivity index (χ2n) is 6.20. The van der Waals surface area contributed by atoms with Gasteiger partial charge in [-0.25, -0.2) is 14.4 Å². The zero-order valence-electron chi connectivity index (χ0n) is 14.8. The molecule has 0 amide bonds. The molecule has 2 heterocycles. The predicted octanol–water partition coefficient (Wildman–Crippen LogP) is 5.75. The van der Waals surface area contributed by atoms with Crippen molar-refractivity contribution in [3.05, 3.63) is 71.1 Å². The van der Waals surface area contributed by atoms with E-state index < -0.39 is 0 Å². The van der Waals surface area contributed by atoms with Gasteiger partial charge < -0.3 is 5.32 Å². The van der Waals surface area contributed by atoms with E-state index in [1.54, 1.807) is 35.6 Å². The number of carbonyl (C=O) groups excluding carboxylic acids is 1. The van der Waals surface area contributed by atoms with Crippen LogP contribution >= 0.6 is 11.3 Å². The van der Waals surface area contributed by atoms with E-state index in [0.29, 0.717) is 11.4 Å². The van der Waals surface area contributed by atoms with E-state index in [9.17, 15) is 9.18 Å². The highest BCUT2D eigenvalue weighted by Gasteiger charge is 2.17. The zero-order chi connectivity index (χ0) is 19.0. The normalized spacial score (nSPS) is 10.9. The van der Waals surface area contributed by atoms with Crippen molar-refractivity contribution < 1.29 is 9.18 Å². The Kier molecular flexibility index (Phi) is 4.41. The maximum absolute atomic E-state index is 13.4. The number of nitrogens with zero attached hydrogens (tertiary/aromatic N) is 2. The third-order valence-electron chi connectivity index (χ3n) is 4.33. The number of nitrogens with one attached hydrogen (secondary N) is 1. The average Bonchev–Trinajstić information content (AvgIpc) is 2.99. The summed E-state index contributed by atoms with van der Waals surface area (Å²) in [5.74, 6) is 0.390. The molecule has 6 heteroatoms. The first-order chi connectivity index (χ1) is 13.0. The molecule has 4 aromatic rings. The minimum Gasteiger partial charge on any atom is -0.340 e. The fourth-order valence-electron chi connectivity index (χ4n) is 3.06. The van der Waals surface area contributed by atoms with E-state index in [2.05, 4.69) is 15.3 Å². The van der Waals surface area contributed by atoms with Crippen LogP contribution in [-0.4, -0.2) is 15.8 Å². The second kappa shape index (κ2) is 6.89. The van der Waals surface area contributed by atoms with Crippen molar-refractivity contribution in [1.29, 1.82) is 0 Å². The van der Waals surface area contributed by atoms with E-state index >= 15 is 0 Å². The maximum atomic E-state index is 13.4. The van der Waals surface area contributed by atoms with Crippen LogP contribution in [-0.2, 0) is 0 Å². The van der Waals surface area contributed by atoms with Crippen LogP contribution in [0.4, 0.5) is 15.9 Å². The molecule has 0 atom stereocenters. The maximum Gasteiger partial charge on any atom is 0.159 e. The molecule has 134 valence electrons. The number of halogens is 1. The number of aromatic nitrogens is 2. The monoisotopic (exact) mass is 377 g/mol. The summed E-state index contributed by atoms with van der Waals surface area (Å²) in [5, 5.41) is 4.20. The molecule has 0 unspecified atom stereocenters. The highest BCUT2D eigenvalue weighted by molar-refractivity contribution is 7.19. The number of benzene rings is 2. The number of Topliss-reactive ketones (excluding diaryl/α,β-unsaturated/α-hetero) is 1. The second-order valence-corrected chi connectivity index (χ2v) is 7.41. The third kappa shape index (κ3) is 3.31. The largest absolute Gasteiger partial charge is 0.340 e. The first-order valence-corrected chi connectivity index (χ1v) is 9.22. The molecule has 0 bridgehead atoms. The number of hydrogen-bond acceptors (Lipinski definition) is 5. The molecular weight excluding hydrogens is 361 g/mol. The number of aryl methyl sites for hydroxylation is 1. The number of ketones is 1. The first kappa shape index (κ1) is 17.3. The summed E-state index contributed by atoms with van der Waals surface area (Å²) in [5.41, 5.74) is 3.30. The Hall–Kier alpha value is -3.12. The van der Waals surface area contributed by atoms with Gasteiger partial charge in [-0.1, -0.05) is 24.3 Å². The van der Waals surface area contributed by atoms with E-state index in [-0.39, 0.29) is 11.6 Å². The predicted molar refractivity (Wildman–Crippen MR) is 107 cm³/mol. The number of hydrogen-bond donors (Lipinski definition) is 1. The van der Waals surface area contributed by atoms with Crippen LogP contribution in [0.15, 0.2) is 54.9 Å². The van der Waals surface area contributed by atoms with Crippen LogP contribution in [0.25, 0.3) is 21.3 Å². The highest BCUT2D eigenvalue weighted by Crippen LogP contribution is 2.41. The molecule has 2 aromatic heterocycles. The summed E-state index contributed by atoms with van der Waals surface area (Å²) in [4.78, 5) is 22.4. The Balaban J connectivity index is 1.85. The van der Waals surface area contributed by atoms with Crippen molar-refractivity contribution in [2.24, 2.45) is 0 Å². The van der Waals surface area contributed by atoms with Crippen molar-refractivity contribution in [3.8, 4) is 11.1 Å². The molecule has 0 radical (unpaired) electrons. The molecule has 0 aliphatic carbocycles. The lowest BCUT2D eigenvalue weighted by Gasteiger charge is -2.10.